The van der Waals surface area contributed by atoms with Crippen molar-refractivity contribution in [3.05, 3.63) is 34.9 Å². The third kappa shape index (κ3) is 2.74. The van der Waals surface area contributed by atoms with Gasteiger partial charge in [-0.2, -0.15) is 0 Å². The smallest absolute Gasteiger partial charge is 0.176 e. The molecule has 1 saturated heterocycles. The largest absolute Gasteiger partial charge is 0.295 e. The quantitative estimate of drug-likeness (QED) is 0.776. The molecule has 0 amide bonds. The van der Waals surface area contributed by atoms with E-state index in [1.807, 2.05) is 6.07 Å². The van der Waals surface area contributed by atoms with Gasteiger partial charge < -0.3 is 0 Å². The Labute approximate surface area is 115 Å². The van der Waals surface area contributed by atoms with Gasteiger partial charge in [-0.1, -0.05) is 26.0 Å². The maximum Gasteiger partial charge on any atom is 0.176 e. The van der Waals surface area contributed by atoms with Crippen LogP contribution in [0.3, 0.4) is 0 Å². The van der Waals surface area contributed by atoms with Gasteiger partial charge in [0.25, 0.3) is 0 Å². The van der Waals surface area contributed by atoms with Gasteiger partial charge >= 0.3 is 0 Å². The van der Waals surface area contributed by atoms with Gasteiger partial charge in [-0.25, -0.2) is 0 Å². The number of Topliss-reactive ketones (excluding diaryl/α,β-unsaturated/α-hetero) is 1. The van der Waals surface area contributed by atoms with E-state index in [0.717, 1.165) is 25.1 Å². The Morgan fingerprint density at radius 2 is 2.05 bits per heavy atom. The Hall–Kier alpha value is -1.15. The number of nitrogens with zero attached hydrogens (tertiary/aromatic N) is 1. The van der Waals surface area contributed by atoms with Gasteiger partial charge in [-0.05, 0) is 54.8 Å². The van der Waals surface area contributed by atoms with E-state index < -0.39 is 0 Å². The molecule has 1 aromatic carbocycles. The van der Waals surface area contributed by atoms with Crippen molar-refractivity contribution >= 4 is 5.78 Å². The summed E-state index contributed by atoms with van der Waals surface area (Å²) in [5.74, 6) is 0.285. The average molecular weight is 257 g/mol. The van der Waals surface area contributed by atoms with Crippen LogP contribution in [-0.2, 0) is 12.8 Å². The van der Waals surface area contributed by atoms with E-state index in [1.165, 1.54) is 30.4 Å². The van der Waals surface area contributed by atoms with Crippen LogP contribution in [0.2, 0.25) is 0 Å². The zero-order valence-electron chi connectivity index (χ0n) is 12.0. The van der Waals surface area contributed by atoms with Crippen LogP contribution in [0.1, 0.15) is 48.2 Å². The number of rotatable bonds is 3. The molecule has 0 atom stereocenters. The summed E-state index contributed by atoms with van der Waals surface area (Å²) in [4.78, 5) is 14.7. The Morgan fingerprint density at radius 1 is 1.26 bits per heavy atom. The Balaban J connectivity index is 1.68. The molecule has 1 aromatic rings. The highest BCUT2D eigenvalue weighted by molar-refractivity contribution is 5.97. The minimum Gasteiger partial charge on any atom is -0.295 e. The molecule has 2 nitrogen and oxygen atoms in total. The van der Waals surface area contributed by atoms with Crippen molar-refractivity contribution in [2.24, 2.45) is 5.41 Å². The number of carbonyl (C=O) groups excluding carboxylic acids is 1. The number of likely N-dealkylation sites (tertiary alicyclic amines) is 1. The van der Waals surface area contributed by atoms with Crippen molar-refractivity contribution in [2.45, 2.75) is 39.5 Å². The molecule has 19 heavy (non-hydrogen) atoms. The van der Waals surface area contributed by atoms with Crippen molar-refractivity contribution in [1.82, 2.24) is 4.90 Å². The summed E-state index contributed by atoms with van der Waals surface area (Å²) in [5.41, 5.74) is 4.12. The first-order chi connectivity index (χ1) is 9.03. The number of hydrogen-bond donors (Lipinski definition) is 0. The van der Waals surface area contributed by atoms with E-state index in [9.17, 15) is 4.79 Å². The summed E-state index contributed by atoms with van der Waals surface area (Å²) in [6, 6.07) is 6.31. The maximum absolute atomic E-state index is 12.4. The lowest BCUT2D eigenvalue weighted by atomic mass is 9.93. The Bertz CT molecular complexity index is 504. The molecule has 0 N–H and O–H groups in total. The Morgan fingerprint density at radius 3 is 2.79 bits per heavy atom. The SMILES string of the molecule is CC1(C)CCN(CC(=O)c2ccc3c(c2)CCC3)C1. The molecule has 1 aliphatic heterocycles. The zero-order valence-corrected chi connectivity index (χ0v) is 12.0. The monoisotopic (exact) mass is 257 g/mol. The van der Waals surface area contributed by atoms with Crippen molar-refractivity contribution in [3.63, 3.8) is 0 Å². The second-order valence-electron chi connectivity index (χ2n) is 6.89. The fourth-order valence-electron chi connectivity index (χ4n) is 3.40. The fourth-order valence-corrected chi connectivity index (χ4v) is 3.40. The molecule has 3 rings (SSSR count). The summed E-state index contributed by atoms with van der Waals surface area (Å²) in [7, 11) is 0. The van der Waals surface area contributed by atoms with Gasteiger partial charge in [0.05, 0.1) is 6.54 Å². The zero-order chi connectivity index (χ0) is 13.5. The highest BCUT2D eigenvalue weighted by atomic mass is 16.1. The molecule has 2 heteroatoms. The van der Waals surface area contributed by atoms with Crippen LogP contribution in [0.25, 0.3) is 0 Å². The first kappa shape index (κ1) is 12.9. The van der Waals surface area contributed by atoms with Crippen LogP contribution >= 0.6 is 0 Å². The van der Waals surface area contributed by atoms with Gasteiger partial charge in [0.2, 0.25) is 0 Å². The third-order valence-corrected chi connectivity index (χ3v) is 4.54. The molecule has 1 fully saturated rings. The molecule has 0 aromatic heterocycles. The molecule has 0 unspecified atom stereocenters. The predicted octanol–water partition coefficient (Wildman–Crippen LogP) is 3.09. The maximum atomic E-state index is 12.4. The number of ketones is 1. The summed E-state index contributed by atoms with van der Waals surface area (Å²) < 4.78 is 0. The molecule has 0 saturated carbocycles. The molecule has 1 aliphatic carbocycles. The van der Waals surface area contributed by atoms with Crippen molar-refractivity contribution < 1.29 is 4.79 Å². The van der Waals surface area contributed by atoms with Crippen LogP contribution in [0.4, 0.5) is 0 Å². The molecule has 1 heterocycles. The van der Waals surface area contributed by atoms with Gasteiger partial charge in [0.15, 0.2) is 5.78 Å². The van der Waals surface area contributed by atoms with Crippen molar-refractivity contribution in [2.75, 3.05) is 19.6 Å². The van der Waals surface area contributed by atoms with Crippen LogP contribution in [0.5, 0.6) is 0 Å². The van der Waals surface area contributed by atoms with E-state index in [1.54, 1.807) is 0 Å². The van der Waals surface area contributed by atoms with Crippen molar-refractivity contribution in [3.8, 4) is 0 Å². The summed E-state index contributed by atoms with van der Waals surface area (Å²) in [6.07, 6.45) is 4.77. The number of fused-ring (bicyclic) bond motifs is 1. The van der Waals surface area contributed by atoms with Crippen LogP contribution < -0.4 is 0 Å². The van der Waals surface area contributed by atoms with Gasteiger partial charge in [0.1, 0.15) is 0 Å². The minimum absolute atomic E-state index is 0.285. The lowest BCUT2D eigenvalue weighted by molar-refractivity contribution is 0.0940. The first-order valence-corrected chi connectivity index (χ1v) is 7.41. The highest BCUT2D eigenvalue weighted by Gasteiger charge is 2.30. The van der Waals surface area contributed by atoms with Gasteiger partial charge in [0, 0.05) is 12.1 Å². The second kappa shape index (κ2) is 4.75. The lowest BCUT2D eigenvalue weighted by Crippen LogP contribution is -2.29. The van der Waals surface area contributed by atoms with E-state index in [-0.39, 0.29) is 5.78 Å². The molecular weight excluding hydrogens is 234 g/mol. The third-order valence-electron chi connectivity index (χ3n) is 4.54. The van der Waals surface area contributed by atoms with E-state index in [4.69, 9.17) is 0 Å². The number of carbonyl (C=O) groups is 1. The number of hydrogen-bond acceptors (Lipinski definition) is 2. The molecule has 0 bridgehead atoms. The topological polar surface area (TPSA) is 20.3 Å². The lowest BCUT2D eigenvalue weighted by Gasteiger charge is -2.19. The standard InChI is InChI=1S/C17H23NO/c1-17(2)8-9-18(12-17)11-16(19)15-7-6-13-4-3-5-14(13)10-15/h6-7,10H,3-5,8-9,11-12H2,1-2H3. The Kier molecular flexibility index (Phi) is 3.22. The molecule has 0 radical (unpaired) electrons. The summed E-state index contributed by atoms with van der Waals surface area (Å²) in [5, 5.41) is 0. The van der Waals surface area contributed by atoms with Crippen molar-refractivity contribution in [1.29, 1.82) is 0 Å². The minimum atomic E-state index is 0.285. The molecule has 2 aliphatic rings. The van der Waals surface area contributed by atoms with Crippen LogP contribution in [0, 0.1) is 5.41 Å². The number of aryl methyl sites for hydroxylation is 2. The first-order valence-electron chi connectivity index (χ1n) is 7.41. The van der Waals surface area contributed by atoms with Gasteiger partial charge in [-0.15, -0.1) is 0 Å². The van der Waals surface area contributed by atoms with Crippen LogP contribution in [0.15, 0.2) is 18.2 Å². The van der Waals surface area contributed by atoms with Gasteiger partial charge in [-0.3, -0.25) is 9.69 Å². The normalized spacial score (nSPS) is 21.6. The molecular formula is C17H23NO. The molecule has 102 valence electrons. The average Bonchev–Trinajstić information content (AvgIpc) is 2.94. The molecule has 0 spiro atoms. The fraction of sp³-hybridized carbons (Fsp3) is 0.588. The predicted molar refractivity (Wildman–Crippen MR) is 77.6 cm³/mol. The van der Waals surface area contributed by atoms with E-state index >= 15 is 0 Å². The summed E-state index contributed by atoms with van der Waals surface area (Å²) >= 11 is 0. The second-order valence-corrected chi connectivity index (χ2v) is 6.89. The summed E-state index contributed by atoms with van der Waals surface area (Å²) in [6.45, 7) is 7.26. The van der Waals surface area contributed by atoms with Crippen LogP contribution in [-0.4, -0.2) is 30.3 Å². The van der Waals surface area contributed by atoms with E-state index in [0.29, 0.717) is 12.0 Å². The van der Waals surface area contributed by atoms with E-state index in [2.05, 4.69) is 30.9 Å². The number of benzene rings is 1. The highest BCUT2D eigenvalue weighted by Crippen LogP contribution is 2.29.